The normalized spacial score (nSPS) is 12.0. The van der Waals surface area contributed by atoms with Crippen LogP contribution in [0.1, 0.15) is 11.1 Å². The fraction of sp³-hybridized carbons (Fsp3) is 0.0377. The second-order valence-electron chi connectivity index (χ2n) is 15.1. The van der Waals surface area contributed by atoms with Crippen molar-refractivity contribution in [3.8, 4) is 73.2 Å². The lowest BCUT2D eigenvalue weighted by molar-refractivity contribution is -0.142. The fourth-order valence-electron chi connectivity index (χ4n) is 8.12. The molecule has 0 saturated carbocycles. The Hall–Kier alpha value is -7.85. The number of hydrogen-bond acceptors (Lipinski definition) is 3. The first-order chi connectivity index (χ1) is 30.5. The summed E-state index contributed by atoms with van der Waals surface area (Å²) in [6, 6.07) is 57.3. The summed E-state index contributed by atoms with van der Waals surface area (Å²) in [6.07, 6.45) is -10.1. The van der Waals surface area contributed by atoms with E-state index in [2.05, 4.69) is 12.1 Å². The average molecular weight is 839 g/mol. The highest BCUT2D eigenvalue weighted by atomic mass is 19.4. The van der Waals surface area contributed by atoms with Crippen molar-refractivity contribution in [3.05, 3.63) is 205 Å². The van der Waals surface area contributed by atoms with E-state index in [0.29, 0.717) is 40.1 Å². The highest BCUT2D eigenvalue weighted by Gasteiger charge is 2.38. The van der Waals surface area contributed by atoms with Crippen molar-refractivity contribution < 1.29 is 26.3 Å². The number of fused-ring (bicyclic) bond motifs is 3. The van der Waals surface area contributed by atoms with Gasteiger partial charge in [-0.2, -0.15) is 26.3 Å². The molecule has 0 spiro atoms. The molecule has 2 aromatic heterocycles. The first-order valence-corrected chi connectivity index (χ1v) is 20.0. The third-order valence-electron chi connectivity index (χ3n) is 11.1. The second-order valence-corrected chi connectivity index (χ2v) is 15.1. The predicted octanol–water partition coefficient (Wildman–Crippen LogP) is 15.0. The minimum absolute atomic E-state index is 0.0243. The minimum Gasteiger partial charge on any atom is -0.308 e. The highest BCUT2D eigenvalue weighted by molar-refractivity contribution is 6.12. The van der Waals surface area contributed by atoms with Crippen LogP contribution in [0.15, 0.2) is 194 Å². The van der Waals surface area contributed by atoms with Crippen LogP contribution in [0.5, 0.6) is 0 Å². The Bertz CT molecular complexity index is 3140. The van der Waals surface area contributed by atoms with Gasteiger partial charge in [0.1, 0.15) is 0 Å². The molecule has 0 radical (unpaired) electrons. The van der Waals surface area contributed by atoms with Crippen molar-refractivity contribution in [1.82, 2.24) is 19.5 Å². The molecule has 8 aromatic carbocycles. The average Bonchev–Trinajstić information content (AvgIpc) is 3.64. The van der Waals surface area contributed by atoms with Gasteiger partial charge in [-0.15, -0.1) is 0 Å². The molecule has 10 heteroatoms. The van der Waals surface area contributed by atoms with Gasteiger partial charge in [-0.3, -0.25) is 0 Å². The highest BCUT2D eigenvalue weighted by Crippen LogP contribution is 2.44. The van der Waals surface area contributed by atoms with Gasteiger partial charge in [-0.25, -0.2) is 15.0 Å². The summed E-state index contributed by atoms with van der Waals surface area (Å²) in [5.74, 6) is 0.795. The Morgan fingerprint density at radius 1 is 0.333 bits per heavy atom. The van der Waals surface area contributed by atoms with Crippen molar-refractivity contribution in [1.29, 1.82) is 0 Å². The van der Waals surface area contributed by atoms with Crippen LogP contribution in [0.2, 0.25) is 0 Å². The molecule has 0 atom stereocenters. The molecule has 0 bridgehead atoms. The summed E-state index contributed by atoms with van der Waals surface area (Å²) in [5, 5.41) is 1.85. The lowest BCUT2D eigenvalue weighted by atomic mass is 9.94. The summed E-state index contributed by atoms with van der Waals surface area (Å²) in [6.45, 7) is 0. The van der Waals surface area contributed by atoms with Gasteiger partial charge in [-0.05, 0) is 81.9 Å². The molecule has 4 nitrogen and oxygen atoms in total. The van der Waals surface area contributed by atoms with E-state index in [1.54, 1.807) is 6.07 Å². The predicted molar refractivity (Wildman–Crippen MR) is 237 cm³/mol. The monoisotopic (exact) mass is 838 g/mol. The first-order valence-electron chi connectivity index (χ1n) is 20.0. The molecule has 0 aliphatic carbocycles. The molecular formula is C53H32F6N4. The molecule has 10 rings (SSSR count). The first kappa shape index (κ1) is 39.3. The third kappa shape index (κ3) is 7.50. The topological polar surface area (TPSA) is 43.6 Å². The molecule has 0 aliphatic rings. The van der Waals surface area contributed by atoms with Crippen LogP contribution in [0, 0.1) is 0 Å². The summed E-state index contributed by atoms with van der Waals surface area (Å²) < 4.78 is 87.9. The lowest BCUT2D eigenvalue weighted by Gasteiger charge is -2.19. The van der Waals surface area contributed by atoms with Crippen LogP contribution < -0.4 is 0 Å². The van der Waals surface area contributed by atoms with Gasteiger partial charge in [0.2, 0.25) is 0 Å². The Balaban J connectivity index is 1.29. The number of rotatable bonds is 7. The maximum absolute atomic E-state index is 14.8. The van der Waals surface area contributed by atoms with Gasteiger partial charge in [-0.1, -0.05) is 146 Å². The van der Waals surface area contributed by atoms with Crippen molar-refractivity contribution in [2.75, 3.05) is 0 Å². The van der Waals surface area contributed by atoms with Crippen LogP contribution in [0.3, 0.4) is 0 Å². The number of aromatic nitrogens is 4. The Morgan fingerprint density at radius 2 is 0.778 bits per heavy atom. The van der Waals surface area contributed by atoms with E-state index < -0.39 is 29.0 Å². The lowest BCUT2D eigenvalue weighted by Crippen LogP contribution is -2.12. The van der Waals surface area contributed by atoms with E-state index in [1.165, 1.54) is 12.1 Å². The zero-order valence-corrected chi connectivity index (χ0v) is 33.0. The molecule has 0 unspecified atom stereocenters. The van der Waals surface area contributed by atoms with Gasteiger partial charge in [0.05, 0.1) is 27.8 Å². The molecule has 2 heterocycles. The van der Waals surface area contributed by atoms with Gasteiger partial charge >= 0.3 is 12.4 Å². The maximum atomic E-state index is 14.8. The summed E-state index contributed by atoms with van der Waals surface area (Å²) >= 11 is 0. The Morgan fingerprint density at radius 3 is 1.24 bits per heavy atom. The van der Waals surface area contributed by atoms with Crippen LogP contribution >= 0.6 is 0 Å². The SMILES string of the molecule is FC(F)(F)c1ccc(-c2ccc(-n3c4ccc(-c5ccccc5)cc4c4cc(-c5ccccc5)ccc43)c(-c3nc(-c4ccccc4)nc(-c4ccccc4)n3)c2)c(C(F)(F)F)c1. The van der Waals surface area contributed by atoms with Crippen molar-refractivity contribution in [3.63, 3.8) is 0 Å². The van der Waals surface area contributed by atoms with Gasteiger partial charge in [0.25, 0.3) is 0 Å². The van der Waals surface area contributed by atoms with Gasteiger partial charge in [0, 0.05) is 27.5 Å². The summed E-state index contributed by atoms with van der Waals surface area (Å²) in [4.78, 5) is 14.8. The Kier molecular flexibility index (Phi) is 9.71. The van der Waals surface area contributed by atoms with Crippen LogP contribution in [-0.2, 0) is 12.4 Å². The van der Waals surface area contributed by atoms with E-state index in [4.69, 9.17) is 15.0 Å². The van der Waals surface area contributed by atoms with E-state index in [1.807, 2.05) is 150 Å². The maximum Gasteiger partial charge on any atom is 0.417 e. The number of hydrogen-bond donors (Lipinski definition) is 0. The fourth-order valence-corrected chi connectivity index (χ4v) is 8.12. The molecule has 0 aliphatic heterocycles. The van der Waals surface area contributed by atoms with Crippen molar-refractivity contribution in [2.45, 2.75) is 12.4 Å². The molecular weight excluding hydrogens is 807 g/mol. The van der Waals surface area contributed by atoms with Gasteiger partial charge < -0.3 is 4.57 Å². The summed E-state index contributed by atoms with van der Waals surface area (Å²) in [5.41, 5.74) is 4.62. The third-order valence-corrected chi connectivity index (χ3v) is 11.1. The van der Waals surface area contributed by atoms with Crippen LogP contribution in [0.4, 0.5) is 26.3 Å². The van der Waals surface area contributed by atoms with Crippen LogP contribution in [-0.4, -0.2) is 19.5 Å². The Labute approximate surface area is 357 Å². The molecule has 10 aromatic rings. The smallest absolute Gasteiger partial charge is 0.308 e. The number of nitrogens with zero attached hydrogens (tertiary/aromatic N) is 4. The van der Waals surface area contributed by atoms with E-state index in [-0.39, 0.29) is 17.5 Å². The molecule has 0 N–H and O–H groups in total. The molecule has 0 amide bonds. The number of halogens is 6. The van der Waals surface area contributed by atoms with Gasteiger partial charge in [0.15, 0.2) is 17.5 Å². The van der Waals surface area contributed by atoms with E-state index in [9.17, 15) is 26.3 Å². The molecule has 306 valence electrons. The largest absolute Gasteiger partial charge is 0.417 e. The minimum atomic E-state index is -5.11. The zero-order chi connectivity index (χ0) is 43.3. The van der Waals surface area contributed by atoms with Crippen LogP contribution in [0.25, 0.3) is 95.0 Å². The molecule has 0 saturated heterocycles. The second kappa shape index (κ2) is 15.6. The number of benzene rings is 8. The van der Waals surface area contributed by atoms with E-state index in [0.717, 1.165) is 50.1 Å². The molecule has 63 heavy (non-hydrogen) atoms. The zero-order valence-electron chi connectivity index (χ0n) is 33.0. The van der Waals surface area contributed by atoms with Crippen molar-refractivity contribution in [2.24, 2.45) is 0 Å². The van der Waals surface area contributed by atoms with E-state index >= 15 is 0 Å². The molecule has 0 fully saturated rings. The van der Waals surface area contributed by atoms with Crippen molar-refractivity contribution >= 4 is 21.8 Å². The standard InChI is InChI=1S/C53H32F6N4/c54-52(55,56)40-24-25-41(45(32-40)53(57,58)59)39-23-28-48(44(31-39)51-61-49(35-17-9-3-10-18-35)60-50(62-51)36-19-11-4-12-20-36)63-46-26-21-37(33-13-5-1-6-14-33)29-42(46)43-30-38(22-27-47(43)63)34-15-7-2-8-16-34/h1-32H. The number of alkyl halides is 6. The quantitative estimate of drug-likeness (QED) is 0.150. The summed E-state index contributed by atoms with van der Waals surface area (Å²) in [7, 11) is 0.